The Kier molecular flexibility index (Phi) is 6.23. The van der Waals surface area contributed by atoms with Crippen molar-refractivity contribution in [1.82, 2.24) is 9.80 Å². The van der Waals surface area contributed by atoms with Gasteiger partial charge in [-0.3, -0.25) is 10.1 Å². The summed E-state index contributed by atoms with van der Waals surface area (Å²) in [5.41, 5.74) is 0.342. The molecule has 0 aliphatic carbocycles. The van der Waals surface area contributed by atoms with Gasteiger partial charge in [-0.05, 0) is 32.5 Å². The van der Waals surface area contributed by atoms with Gasteiger partial charge in [0.15, 0.2) is 0 Å². The molecule has 8 heteroatoms. The van der Waals surface area contributed by atoms with Crippen molar-refractivity contribution in [2.75, 3.05) is 39.8 Å². The standard InChI is InChI=1S/C15H21F2N3O3/c1-18-7-9-19(10-8-18)6-2-3-12-11-13(20(21)22)4-5-14(12)23-15(16)17/h4-5,11,15H,2-3,6-10H2,1H3. The molecule has 1 aromatic rings. The molecule has 0 amide bonds. The van der Waals surface area contributed by atoms with Gasteiger partial charge in [0, 0.05) is 43.9 Å². The molecule has 0 bridgehead atoms. The SMILES string of the molecule is CN1CCN(CCCc2cc([N+](=O)[O-])ccc2OC(F)F)CC1. The summed E-state index contributed by atoms with van der Waals surface area (Å²) in [4.78, 5) is 14.9. The van der Waals surface area contributed by atoms with Crippen LogP contribution in [0.5, 0.6) is 5.75 Å². The van der Waals surface area contributed by atoms with E-state index in [1.807, 2.05) is 0 Å². The number of non-ortho nitro benzene ring substituents is 1. The molecule has 23 heavy (non-hydrogen) atoms. The first-order chi connectivity index (χ1) is 11.0. The highest BCUT2D eigenvalue weighted by Crippen LogP contribution is 2.27. The number of hydrogen-bond donors (Lipinski definition) is 0. The van der Waals surface area contributed by atoms with Gasteiger partial charge in [0.25, 0.3) is 5.69 Å². The first-order valence-electron chi connectivity index (χ1n) is 7.58. The van der Waals surface area contributed by atoms with Crippen molar-refractivity contribution in [3.63, 3.8) is 0 Å². The van der Waals surface area contributed by atoms with Crippen molar-refractivity contribution in [3.05, 3.63) is 33.9 Å². The number of rotatable bonds is 7. The van der Waals surface area contributed by atoms with Crippen molar-refractivity contribution in [2.45, 2.75) is 19.5 Å². The van der Waals surface area contributed by atoms with Crippen LogP contribution >= 0.6 is 0 Å². The maximum Gasteiger partial charge on any atom is 0.387 e. The van der Waals surface area contributed by atoms with Gasteiger partial charge in [-0.1, -0.05) is 0 Å². The molecule has 0 spiro atoms. The number of alkyl halides is 2. The minimum absolute atomic E-state index is 0.0176. The molecule has 1 aliphatic heterocycles. The Bertz CT molecular complexity index is 535. The molecular weight excluding hydrogens is 308 g/mol. The average molecular weight is 329 g/mol. The Morgan fingerprint density at radius 2 is 2.00 bits per heavy atom. The number of hydrogen-bond acceptors (Lipinski definition) is 5. The Morgan fingerprint density at radius 3 is 2.61 bits per heavy atom. The minimum atomic E-state index is -2.94. The molecule has 1 fully saturated rings. The van der Waals surface area contributed by atoms with Crippen LogP contribution < -0.4 is 4.74 Å². The molecule has 2 rings (SSSR count). The zero-order chi connectivity index (χ0) is 16.8. The predicted octanol–water partition coefficient (Wildman–Crippen LogP) is 2.38. The Morgan fingerprint density at radius 1 is 1.30 bits per heavy atom. The average Bonchev–Trinajstić information content (AvgIpc) is 2.50. The summed E-state index contributed by atoms with van der Waals surface area (Å²) in [5, 5.41) is 10.8. The van der Waals surface area contributed by atoms with Crippen LogP contribution in [0.2, 0.25) is 0 Å². The van der Waals surface area contributed by atoms with Crippen molar-refractivity contribution < 1.29 is 18.4 Å². The minimum Gasteiger partial charge on any atom is -0.435 e. The molecule has 1 aliphatic rings. The quantitative estimate of drug-likeness (QED) is 0.568. The van der Waals surface area contributed by atoms with E-state index in [1.165, 1.54) is 18.2 Å². The Hall–Kier alpha value is -1.80. The molecule has 0 atom stereocenters. The molecule has 0 aromatic heterocycles. The van der Waals surface area contributed by atoms with E-state index in [4.69, 9.17) is 0 Å². The lowest BCUT2D eigenvalue weighted by Crippen LogP contribution is -2.44. The lowest BCUT2D eigenvalue weighted by Gasteiger charge is -2.32. The van der Waals surface area contributed by atoms with E-state index < -0.39 is 11.5 Å². The lowest BCUT2D eigenvalue weighted by molar-refractivity contribution is -0.385. The second-order valence-corrected chi connectivity index (χ2v) is 5.68. The van der Waals surface area contributed by atoms with E-state index in [1.54, 1.807) is 0 Å². The third kappa shape index (κ3) is 5.40. The number of nitrogens with zero attached hydrogens (tertiary/aromatic N) is 3. The molecular formula is C15H21F2N3O3. The number of nitro groups is 1. The largest absolute Gasteiger partial charge is 0.435 e. The number of piperazine rings is 1. The van der Waals surface area contributed by atoms with Crippen LogP contribution in [-0.2, 0) is 6.42 Å². The first kappa shape index (κ1) is 17.6. The van der Waals surface area contributed by atoms with Crippen molar-refractivity contribution >= 4 is 5.69 Å². The Labute approximate surface area is 133 Å². The second kappa shape index (κ2) is 8.16. The maximum absolute atomic E-state index is 12.4. The van der Waals surface area contributed by atoms with Crippen LogP contribution in [0.1, 0.15) is 12.0 Å². The zero-order valence-corrected chi connectivity index (χ0v) is 13.1. The van der Waals surface area contributed by atoms with Gasteiger partial charge in [-0.25, -0.2) is 0 Å². The van der Waals surface area contributed by atoms with Crippen LogP contribution in [0.15, 0.2) is 18.2 Å². The van der Waals surface area contributed by atoms with Crippen LogP contribution in [-0.4, -0.2) is 61.1 Å². The second-order valence-electron chi connectivity index (χ2n) is 5.68. The highest BCUT2D eigenvalue weighted by Gasteiger charge is 2.16. The number of halogens is 2. The van der Waals surface area contributed by atoms with Crippen LogP contribution in [0.3, 0.4) is 0 Å². The fraction of sp³-hybridized carbons (Fsp3) is 0.600. The molecule has 0 radical (unpaired) electrons. The fourth-order valence-electron chi connectivity index (χ4n) is 2.65. The molecule has 0 unspecified atom stereocenters. The van der Waals surface area contributed by atoms with Gasteiger partial charge in [-0.15, -0.1) is 0 Å². The molecule has 1 aromatic carbocycles. The highest BCUT2D eigenvalue weighted by molar-refractivity contribution is 5.44. The summed E-state index contributed by atoms with van der Waals surface area (Å²) >= 11 is 0. The van der Waals surface area contributed by atoms with Gasteiger partial charge in [0.05, 0.1) is 4.92 Å². The lowest BCUT2D eigenvalue weighted by atomic mass is 10.1. The third-order valence-corrected chi connectivity index (χ3v) is 3.99. The van der Waals surface area contributed by atoms with Crippen LogP contribution in [0.4, 0.5) is 14.5 Å². The highest BCUT2D eigenvalue weighted by atomic mass is 19.3. The van der Waals surface area contributed by atoms with E-state index in [9.17, 15) is 18.9 Å². The molecule has 128 valence electrons. The smallest absolute Gasteiger partial charge is 0.387 e. The number of ether oxygens (including phenoxy) is 1. The van der Waals surface area contributed by atoms with Gasteiger partial charge in [0.2, 0.25) is 0 Å². The molecule has 1 heterocycles. The Balaban J connectivity index is 1.96. The van der Waals surface area contributed by atoms with Gasteiger partial charge in [0.1, 0.15) is 5.75 Å². The van der Waals surface area contributed by atoms with Gasteiger partial charge < -0.3 is 14.5 Å². The fourth-order valence-corrected chi connectivity index (χ4v) is 2.65. The summed E-state index contributed by atoms with van der Waals surface area (Å²) in [6, 6.07) is 3.75. The zero-order valence-electron chi connectivity index (χ0n) is 13.1. The summed E-state index contributed by atoms with van der Waals surface area (Å²) in [6.07, 6.45) is 1.21. The molecule has 0 saturated carbocycles. The number of aryl methyl sites for hydroxylation is 1. The van der Waals surface area contributed by atoms with E-state index in [0.717, 1.165) is 39.1 Å². The van der Waals surface area contributed by atoms with Crippen molar-refractivity contribution in [3.8, 4) is 5.75 Å². The molecule has 1 saturated heterocycles. The van der Waals surface area contributed by atoms with E-state index in [2.05, 4.69) is 21.6 Å². The normalized spacial score (nSPS) is 16.7. The van der Waals surface area contributed by atoms with E-state index >= 15 is 0 Å². The predicted molar refractivity (Wildman–Crippen MR) is 82.0 cm³/mol. The van der Waals surface area contributed by atoms with E-state index in [-0.39, 0.29) is 11.4 Å². The summed E-state index contributed by atoms with van der Waals surface area (Å²) in [6.45, 7) is 1.88. The van der Waals surface area contributed by atoms with Gasteiger partial charge in [-0.2, -0.15) is 8.78 Å². The third-order valence-electron chi connectivity index (χ3n) is 3.99. The maximum atomic E-state index is 12.4. The first-order valence-corrected chi connectivity index (χ1v) is 7.58. The topological polar surface area (TPSA) is 58.9 Å². The monoisotopic (exact) mass is 329 g/mol. The summed E-state index contributed by atoms with van der Waals surface area (Å²) < 4.78 is 29.3. The number of nitro benzene ring substituents is 1. The number of likely N-dealkylation sites (N-methyl/N-ethyl adjacent to an activating group) is 1. The summed E-state index contributed by atoms with van der Waals surface area (Å²) in [5.74, 6) is 0.0176. The van der Waals surface area contributed by atoms with Gasteiger partial charge >= 0.3 is 6.61 Å². The summed E-state index contributed by atoms with van der Waals surface area (Å²) in [7, 11) is 2.08. The van der Waals surface area contributed by atoms with Crippen molar-refractivity contribution in [2.24, 2.45) is 0 Å². The number of benzene rings is 1. The molecule has 6 nitrogen and oxygen atoms in total. The molecule has 0 N–H and O–H groups in total. The van der Waals surface area contributed by atoms with Crippen LogP contribution in [0.25, 0.3) is 0 Å². The van der Waals surface area contributed by atoms with E-state index in [0.29, 0.717) is 12.0 Å². The van der Waals surface area contributed by atoms with Crippen molar-refractivity contribution in [1.29, 1.82) is 0 Å². The van der Waals surface area contributed by atoms with Crippen LogP contribution in [0, 0.1) is 10.1 Å².